The molecular formula is C18H17N3O3. The molecular weight excluding hydrogens is 306 g/mol. The number of nitrogens with zero attached hydrogens (tertiary/aromatic N) is 3. The maximum atomic E-state index is 12.3. The standard InChI is InChI=1S/C18H17N3O3/c1-3-23-16-12-8-7-11-15(16)21-13(2)17(19-20-21)18(22)24-14-9-5-4-6-10-14/h4-12H,3H2,1-2H3. The van der Waals surface area contributed by atoms with Crippen molar-refractivity contribution in [2.75, 3.05) is 6.61 Å². The second kappa shape index (κ2) is 6.95. The summed E-state index contributed by atoms with van der Waals surface area (Å²) in [6.07, 6.45) is 0. The Morgan fingerprint density at radius 1 is 1.08 bits per heavy atom. The van der Waals surface area contributed by atoms with Crippen LogP contribution in [0.15, 0.2) is 54.6 Å². The van der Waals surface area contributed by atoms with Crippen molar-refractivity contribution in [3.8, 4) is 17.2 Å². The van der Waals surface area contributed by atoms with E-state index in [1.54, 1.807) is 35.9 Å². The highest BCUT2D eigenvalue weighted by Crippen LogP contribution is 2.24. The van der Waals surface area contributed by atoms with Gasteiger partial charge in [0.2, 0.25) is 0 Å². The van der Waals surface area contributed by atoms with Crippen LogP contribution in [0.3, 0.4) is 0 Å². The molecule has 0 atom stereocenters. The molecule has 6 heteroatoms. The number of ether oxygens (including phenoxy) is 2. The Kier molecular flexibility index (Phi) is 4.56. The maximum absolute atomic E-state index is 12.3. The van der Waals surface area contributed by atoms with Gasteiger partial charge in [0, 0.05) is 0 Å². The summed E-state index contributed by atoms with van der Waals surface area (Å²) in [5.74, 6) is 0.598. The van der Waals surface area contributed by atoms with Gasteiger partial charge in [0.15, 0.2) is 5.69 Å². The molecule has 0 fully saturated rings. The summed E-state index contributed by atoms with van der Waals surface area (Å²) in [4.78, 5) is 12.3. The molecule has 0 radical (unpaired) electrons. The van der Waals surface area contributed by atoms with Gasteiger partial charge in [0.1, 0.15) is 17.2 Å². The van der Waals surface area contributed by atoms with Gasteiger partial charge in [-0.25, -0.2) is 9.48 Å². The number of carbonyl (C=O) groups excluding carboxylic acids is 1. The first-order valence-electron chi connectivity index (χ1n) is 7.62. The number of carbonyl (C=O) groups is 1. The molecule has 1 aromatic heterocycles. The molecule has 122 valence electrons. The van der Waals surface area contributed by atoms with Crippen LogP contribution in [0.2, 0.25) is 0 Å². The first kappa shape index (κ1) is 15.7. The van der Waals surface area contributed by atoms with Crippen molar-refractivity contribution in [2.24, 2.45) is 0 Å². The average molecular weight is 323 g/mol. The molecule has 0 saturated carbocycles. The quantitative estimate of drug-likeness (QED) is 0.533. The molecule has 0 bridgehead atoms. The van der Waals surface area contributed by atoms with Crippen LogP contribution in [0.4, 0.5) is 0 Å². The van der Waals surface area contributed by atoms with Crippen molar-refractivity contribution in [1.82, 2.24) is 15.0 Å². The molecule has 0 aliphatic heterocycles. The normalized spacial score (nSPS) is 10.4. The van der Waals surface area contributed by atoms with E-state index in [0.29, 0.717) is 23.8 Å². The van der Waals surface area contributed by atoms with Crippen LogP contribution in [-0.4, -0.2) is 27.6 Å². The summed E-state index contributed by atoms with van der Waals surface area (Å²) in [6, 6.07) is 16.3. The van der Waals surface area contributed by atoms with Gasteiger partial charge in [-0.2, -0.15) is 0 Å². The largest absolute Gasteiger partial charge is 0.492 e. The summed E-state index contributed by atoms with van der Waals surface area (Å²) >= 11 is 0. The first-order valence-corrected chi connectivity index (χ1v) is 7.62. The number of benzene rings is 2. The molecule has 0 spiro atoms. The zero-order chi connectivity index (χ0) is 16.9. The third-order valence-corrected chi connectivity index (χ3v) is 3.43. The van der Waals surface area contributed by atoms with E-state index in [4.69, 9.17) is 9.47 Å². The zero-order valence-electron chi connectivity index (χ0n) is 13.5. The van der Waals surface area contributed by atoms with Crippen molar-refractivity contribution in [3.05, 3.63) is 66.0 Å². The molecule has 0 N–H and O–H groups in total. The van der Waals surface area contributed by atoms with Crippen LogP contribution in [-0.2, 0) is 0 Å². The smallest absolute Gasteiger partial charge is 0.366 e. The Morgan fingerprint density at radius 3 is 2.54 bits per heavy atom. The van der Waals surface area contributed by atoms with Gasteiger partial charge in [-0.1, -0.05) is 35.5 Å². The number of hydrogen-bond donors (Lipinski definition) is 0. The lowest BCUT2D eigenvalue weighted by Crippen LogP contribution is -2.11. The average Bonchev–Trinajstić information content (AvgIpc) is 2.98. The van der Waals surface area contributed by atoms with E-state index in [1.165, 1.54) is 0 Å². The lowest BCUT2D eigenvalue weighted by atomic mass is 10.2. The number of hydrogen-bond acceptors (Lipinski definition) is 5. The second-order valence-corrected chi connectivity index (χ2v) is 5.04. The van der Waals surface area contributed by atoms with Crippen LogP contribution in [0.25, 0.3) is 5.69 Å². The Balaban J connectivity index is 1.90. The van der Waals surface area contributed by atoms with Gasteiger partial charge in [-0.3, -0.25) is 0 Å². The minimum Gasteiger partial charge on any atom is -0.492 e. The molecule has 0 saturated heterocycles. The highest BCUT2D eigenvalue weighted by Gasteiger charge is 2.20. The predicted octanol–water partition coefficient (Wildman–Crippen LogP) is 3.19. The Bertz CT molecular complexity index is 844. The lowest BCUT2D eigenvalue weighted by molar-refractivity contribution is 0.0727. The van der Waals surface area contributed by atoms with E-state index in [2.05, 4.69) is 10.3 Å². The van der Waals surface area contributed by atoms with Crippen LogP contribution >= 0.6 is 0 Å². The molecule has 0 amide bonds. The van der Waals surface area contributed by atoms with Crippen molar-refractivity contribution < 1.29 is 14.3 Å². The van der Waals surface area contributed by atoms with Gasteiger partial charge in [0.25, 0.3) is 0 Å². The molecule has 0 unspecified atom stereocenters. The summed E-state index contributed by atoms with van der Waals surface area (Å²) in [6.45, 7) is 4.21. The minimum atomic E-state index is -0.543. The third-order valence-electron chi connectivity index (χ3n) is 3.43. The molecule has 24 heavy (non-hydrogen) atoms. The fourth-order valence-electron chi connectivity index (χ4n) is 2.30. The van der Waals surface area contributed by atoms with Crippen LogP contribution in [0, 0.1) is 6.92 Å². The highest BCUT2D eigenvalue weighted by atomic mass is 16.5. The lowest BCUT2D eigenvalue weighted by Gasteiger charge is -2.10. The maximum Gasteiger partial charge on any atom is 0.366 e. The Morgan fingerprint density at radius 2 is 1.79 bits per heavy atom. The van der Waals surface area contributed by atoms with Crippen molar-refractivity contribution in [1.29, 1.82) is 0 Å². The van der Waals surface area contributed by atoms with Gasteiger partial charge in [-0.05, 0) is 38.1 Å². The monoisotopic (exact) mass is 323 g/mol. The van der Waals surface area contributed by atoms with E-state index in [0.717, 1.165) is 5.69 Å². The first-order chi connectivity index (χ1) is 11.7. The summed E-state index contributed by atoms with van der Waals surface area (Å²) < 4.78 is 12.5. The fourth-order valence-corrected chi connectivity index (χ4v) is 2.30. The van der Waals surface area contributed by atoms with E-state index >= 15 is 0 Å². The Hall–Kier alpha value is -3.15. The summed E-state index contributed by atoms with van der Waals surface area (Å²) in [7, 11) is 0. The van der Waals surface area contributed by atoms with Gasteiger partial charge >= 0.3 is 5.97 Å². The summed E-state index contributed by atoms with van der Waals surface area (Å²) in [5, 5.41) is 8.05. The molecule has 0 aliphatic rings. The van der Waals surface area contributed by atoms with Gasteiger partial charge < -0.3 is 9.47 Å². The topological polar surface area (TPSA) is 66.2 Å². The highest BCUT2D eigenvalue weighted by molar-refractivity contribution is 5.90. The zero-order valence-corrected chi connectivity index (χ0v) is 13.5. The van der Waals surface area contributed by atoms with E-state index in [9.17, 15) is 4.79 Å². The number of para-hydroxylation sites is 3. The van der Waals surface area contributed by atoms with Crippen molar-refractivity contribution >= 4 is 5.97 Å². The van der Waals surface area contributed by atoms with Gasteiger partial charge in [0.05, 0.1) is 12.3 Å². The second-order valence-electron chi connectivity index (χ2n) is 5.04. The molecule has 3 aromatic rings. The van der Waals surface area contributed by atoms with Crippen LogP contribution in [0.5, 0.6) is 11.5 Å². The van der Waals surface area contributed by atoms with E-state index < -0.39 is 5.97 Å². The number of esters is 1. The molecule has 6 nitrogen and oxygen atoms in total. The molecule has 1 heterocycles. The predicted molar refractivity (Wildman–Crippen MR) is 88.7 cm³/mol. The molecule has 0 aliphatic carbocycles. The van der Waals surface area contributed by atoms with Crippen molar-refractivity contribution in [2.45, 2.75) is 13.8 Å². The van der Waals surface area contributed by atoms with E-state index in [1.807, 2.05) is 37.3 Å². The Labute approximate surface area is 139 Å². The molecule has 3 rings (SSSR count). The van der Waals surface area contributed by atoms with Crippen LogP contribution < -0.4 is 9.47 Å². The fraction of sp³-hybridized carbons (Fsp3) is 0.167. The summed E-state index contributed by atoms with van der Waals surface area (Å²) in [5.41, 5.74) is 1.48. The third kappa shape index (κ3) is 3.12. The van der Waals surface area contributed by atoms with Crippen LogP contribution in [0.1, 0.15) is 23.1 Å². The molecule has 2 aromatic carbocycles. The van der Waals surface area contributed by atoms with Crippen molar-refractivity contribution in [3.63, 3.8) is 0 Å². The number of aromatic nitrogens is 3. The number of rotatable bonds is 5. The SMILES string of the molecule is CCOc1ccccc1-n1nnc(C(=O)Oc2ccccc2)c1C. The van der Waals surface area contributed by atoms with Gasteiger partial charge in [-0.15, -0.1) is 5.10 Å². The van der Waals surface area contributed by atoms with E-state index in [-0.39, 0.29) is 5.69 Å². The minimum absolute atomic E-state index is 0.171.